The Kier molecular flexibility index (Phi) is 4.59. The van der Waals surface area contributed by atoms with Gasteiger partial charge in [0.25, 0.3) is 5.91 Å². The van der Waals surface area contributed by atoms with Crippen LogP contribution in [-0.2, 0) is 0 Å². The highest BCUT2D eigenvalue weighted by molar-refractivity contribution is 6.05. The number of carbonyl (C=O) groups excluding carboxylic acids is 1. The number of anilines is 1. The highest BCUT2D eigenvalue weighted by atomic mass is 16.5. The Morgan fingerprint density at radius 1 is 1.19 bits per heavy atom. The number of amides is 1. The lowest BCUT2D eigenvalue weighted by Gasteiger charge is -2.09. The van der Waals surface area contributed by atoms with Crippen LogP contribution in [0.3, 0.4) is 0 Å². The van der Waals surface area contributed by atoms with E-state index in [1.54, 1.807) is 42.9 Å². The van der Waals surface area contributed by atoms with Crippen molar-refractivity contribution in [2.45, 2.75) is 31.6 Å². The van der Waals surface area contributed by atoms with Crippen molar-refractivity contribution in [3.63, 3.8) is 0 Å². The minimum atomic E-state index is -0.318. The summed E-state index contributed by atoms with van der Waals surface area (Å²) in [5.41, 5.74) is 1.41. The first-order valence-corrected chi connectivity index (χ1v) is 8.69. The molecule has 7 heteroatoms. The number of aromatic amines is 1. The summed E-state index contributed by atoms with van der Waals surface area (Å²) in [7, 11) is 0. The van der Waals surface area contributed by atoms with Crippen molar-refractivity contribution in [3.8, 4) is 11.6 Å². The maximum atomic E-state index is 12.7. The van der Waals surface area contributed by atoms with Gasteiger partial charge in [-0.15, -0.1) is 0 Å². The third-order valence-electron chi connectivity index (χ3n) is 4.50. The summed E-state index contributed by atoms with van der Waals surface area (Å²) in [6.07, 6.45) is 9.63. The summed E-state index contributed by atoms with van der Waals surface area (Å²) >= 11 is 0. The summed E-state index contributed by atoms with van der Waals surface area (Å²) in [6, 6.07) is 8.78. The molecule has 0 spiro atoms. The number of aromatic nitrogens is 4. The Hall–Kier alpha value is -3.22. The Morgan fingerprint density at radius 3 is 2.85 bits per heavy atom. The Balaban J connectivity index is 1.50. The van der Waals surface area contributed by atoms with Crippen LogP contribution in [0.2, 0.25) is 0 Å². The molecule has 2 N–H and O–H groups in total. The van der Waals surface area contributed by atoms with Gasteiger partial charge in [0.05, 0.1) is 6.20 Å². The molecule has 3 aromatic rings. The second kappa shape index (κ2) is 7.35. The lowest BCUT2D eigenvalue weighted by atomic mass is 10.0. The van der Waals surface area contributed by atoms with Crippen molar-refractivity contribution in [1.29, 1.82) is 0 Å². The predicted octanol–water partition coefficient (Wildman–Crippen LogP) is 3.90. The van der Waals surface area contributed by atoms with Gasteiger partial charge >= 0.3 is 0 Å². The van der Waals surface area contributed by atoms with E-state index in [1.165, 1.54) is 25.7 Å². The normalized spacial score (nSPS) is 14.3. The molecule has 1 amide bonds. The monoisotopic (exact) mass is 349 g/mol. The van der Waals surface area contributed by atoms with Gasteiger partial charge in [-0.05, 0) is 37.1 Å². The van der Waals surface area contributed by atoms with Crippen LogP contribution < -0.4 is 10.1 Å². The zero-order chi connectivity index (χ0) is 17.8. The maximum absolute atomic E-state index is 12.7. The van der Waals surface area contributed by atoms with Crippen LogP contribution >= 0.6 is 0 Å². The van der Waals surface area contributed by atoms with Crippen molar-refractivity contribution >= 4 is 11.7 Å². The van der Waals surface area contributed by atoms with Gasteiger partial charge in [0.15, 0.2) is 5.82 Å². The van der Waals surface area contributed by atoms with Crippen LogP contribution in [0.4, 0.5) is 5.82 Å². The van der Waals surface area contributed by atoms with E-state index in [1.807, 2.05) is 6.07 Å². The number of rotatable bonds is 5. The lowest BCUT2D eigenvalue weighted by Crippen LogP contribution is -2.14. The topological polar surface area (TPSA) is 92.8 Å². The average Bonchev–Trinajstić information content (AvgIpc) is 3.34. The minimum Gasteiger partial charge on any atom is -0.437 e. The largest absolute Gasteiger partial charge is 0.437 e. The summed E-state index contributed by atoms with van der Waals surface area (Å²) in [5.74, 6) is 1.44. The summed E-state index contributed by atoms with van der Waals surface area (Å²) in [5, 5.41) is 10.1. The van der Waals surface area contributed by atoms with Crippen LogP contribution in [0.5, 0.6) is 11.6 Å². The summed E-state index contributed by atoms with van der Waals surface area (Å²) < 4.78 is 5.69. The van der Waals surface area contributed by atoms with Crippen molar-refractivity contribution in [1.82, 2.24) is 20.2 Å². The predicted molar refractivity (Wildman–Crippen MR) is 96.3 cm³/mol. The molecule has 7 nitrogen and oxygen atoms in total. The Bertz CT molecular complexity index is 888. The van der Waals surface area contributed by atoms with Gasteiger partial charge in [-0.25, -0.2) is 4.98 Å². The molecule has 3 heterocycles. The Labute approximate surface area is 150 Å². The molecule has 0 aromatic carbocycles. The van der Waals surface area contributed by atoms with Crippen LogP contribution in [0, 0.1) is 0 Å². The van der Waals surface area contributed by atoms with E-state index < -0.39 is 0 Å². The van der Waals surface area contributed by atoms with Gasteiger partial charge in [-0.3, -0.25) is 14.9 Å². The number of nitrogens with zero attached hydrogens (tertiary/aromatic N) is 3. The lowest BCUT2D eigenvalue weighted by molar-refractivity contribution is 0.102. The fourth-order valence-electron chi connectivity index (χ4n) is 3.19. The molecule has 3 aromatic heterocycles. The van der Waals surface area contributed by atoms with Gasteiger partial charge in [0.2, 0.25) is 5.88 Å². The highest BCUT2D eigenvalue weighted by Crippen LogP contribution is 2.33. The molecular weight excluding hydrogens is 330 g/mol. The molecular formula is C19H19N5O2. The van der Waals surface area contributed by atoms with Crippen molar-refractivity contribution in [2.75, 3.05) is 5.32 Å². The fourth-order valence-corrected chi connectivity index (χ4v) is 3.19. The van der Waals surface area contributed by atoms with E-state index in [0.29, 0.717) is 23.0 Å². The SMILES string of the molecule is O=C(Nc1cc(C2CCCC2)[nH]n1)c1cccnc1Oc1cccnc1. The first-order valence-electron chi connectivity index (χ1n) is 8.69. The second-order valence-electron chi connectivity index (χ2n) is 6.29. The molecule has 0 bridgehead atoms. The summed E-state index contributed by atoms with van der Waals surface area (Å²) in [6.45, 7) is 0. The van der Waals surface area contributed by atoms with Gasteiger partial charge in [0.1, 0.15) is 11.3 Å². The molecule has 1 fully saturated rings. The summed E-state index contributed by atoms with van der Waals surface area (Å²) in [4.78, 5) is 20.8. The van der Waals surface area contributed by atoms with Crippen LogP contribution in [0.25, 0.3) is 0 Å². The number of ether oxygens (including phenoxy) is 1. The average molecular weight is 349 g/mol. The van der Waals surface area contributed by atoms with Crippen molar-refractivity contribution < 1.29 is 9.53 Å². The molecule has 0 saturated heterocycles. The molecule has 0 aliphatic heterocycles. The second-order valence-corrected chi connectivity index (χ2v) is 6.29. The molecule has 26 heavy (non-hydrogen) atoms. The third-order valence-corrected chi connectivity index (χ3v) is 4.50. The van der Waals surface area contributed by atoms with Crippen LogP contribution in [-0.4, -0.2) is 26.1 Å². The van der Waals surface area contributed by atoms with E-state index in [-0.39, 0.29) is 11.8 Å². The zero-order valence-electron chi connectivity index (χ0n) is 14.2. The van der Waals surface area contributed by atoms with Crippen LogP contribution in [0.15, 0.2) is 48.9 Å². The van der Waals surface area contributed by atoms with Gasteiger partial charge in [0, 0.05) is 30.1 Å². The van der Waals surface area contributed by atoms with Gasteiger partial charge in [-0.2, -0.15) is 5.10 Å². The molecule has 0 radical (unpaired) electrons. The van der Waals surface area contributed by atoms with Gasteiger partial charge in [-0.1, -0.05) is 12.8 Å². The zero-order valence-corrected chi connectivity index (χ0v) is 14.2. The first kappa shape index (κ1) is 16.3. The number of carbonyl (C=O) groups is 1. The van der Waals surface area contributed by atoms with E-state index in [4.69, 9.17) is 4.74 Å². The van der Waals surface area contributed by atoms with E-state index in [2.05, 4.69) is 25.5 Å². The number of hydrogen-bond donors (Lipinski definition) is 2. The van der Waals surface area contributed by atoms with E-state index in [9.17, 15) is 4.79 Å². The minimum absolute atomic E-state index is 0.226. The quantitative estimate of drug-likeness (QED) is 0.729. The van der Waals surface area contributed by atoms with Gasteiger partial charge < -0.3 is 10.1 Å². The maximum Gasteiger partial charge on any atom is 0.262 e. The molecule has 132 valence electrons. The fraction of sp³-hybridized carbons (Fsp3) is 0.263. The number of nitrogens with one attached hydrogen (secondary N) is 2. The number of pyridine rings is 2. The molecule has 0 unspecified atom stereocenters. The van der Waals surface area contributed by atoms with Crippen molar-refractivity contribution in [2.24, 2.45) is 0 Å². The number of hydrogen-bond acceptors (Lipinski definition) is 5. The Morgan fingerprint density at radius 2 is 2.04 bits per heavy atom. The number of H-pyrrole nitrogens is 1. The molecule has 4 rings (SSSR count). The third kappa shape index (κ3) is 3.56. The molecule has 1 aliphatic rings. The van der Waals surface area contributed by atoms with Crippen molar-refractivity contribution in [3.05, 3.63) is 60.2 Å². The van der Waals surface area contributed by atoms with E-state index >= 15 is 0 Å². The van der Waals surface area contributed by atoms with E-state index in [0.717, 1.165) is 5.69 Å². The highest BCUT2D eigenvalue weighted by Gasteiger charge is 2.20. The standard InChI is InChI=1S/C19H19N5O2/c25-18(22-17-11-16(23-24-17)13-5-1-2-6-13)15-8-4-10-21-19(15)26-14-7-3-9-20-12-14/h3-4,7-13H,1-2,5-6H2,(H2,22,23,24,25). The molecule has 1 saturated carbocycles. The molecule has 1 aliphatic carbocycles. The molecule has 0 atom stereocenters. The smallest absolute Gasteiger partial charge is 0.262 e. The van der Waals surface area contributed by atoms with Crippen LogP contribution in [0.1, 0.15) is 47.7 Å². The first-order chi connectivity index (χ1) is 12.8.